The molecule has 0 spiro atoms. The van der Waals surface area contributed by atoms with E-state index in [0.29, 0.717) is 6.67 Å². The fourth-order valence-electron chi connectivity index (χ4n) is 2.62. The van der Waals surface area contributed by atoms with Gasteiger partial charge in [0.2, 0.25) is 5.95 Å². The quantitative estimate of drug-likeness (QED) is 0.661. The number of anilines is 1. The molecule has 0 N–H and O–H groups in total. The molecule has 4 heterocycles. The van der Waals surface area contributed by atoms with Crippen LogP contribution in [0.25, 0.3) is 5.00 Å². The molecule has 1 aliphatic rings. The van der Waals surface area contributed by atoms with Crippen LogP contribution in [-0.2, 0) is 6.67 Å². The average molecular weight is 344 g/mol. The van der Waals surface area contributed by atoms with Crippen LogP contribution in [0.15, 0.2) is 40.8 Å². The molecular formula is C14H16N8OS. The zero-order valence-electron chi connectivity index (χ0n) is 12.9. The first-order valence-electron chi connectivity index (χ1n) is 7.62. The van der Waals surface area contributed by atoms with Gasteiger partial charge in [-0.2, -0.15) is 9.36 Å². The second kappa shape index (κ2) is 6.49. The van der Waals surface area contributed by atoms with Crippen LogP contribution < -0.4 is 10.6 Å². The average Bonchev–Trinajstić information content (AvgIpc) is 3.27. The van der Waals surface area contributed by atoms with E-state index in [1.807, 2.05) is 23.6 Å². The molecule has 0 amide bonds. The van der Waals surface area contributed by atoms with Gasteiger partial charge < -0.3 is 4.90 Å². The van der Waals surface area contributed by atoms with Crippen LogP contribution in [-0.4, -0.2) is 60.8 Å². The highest BCUT2D eigenvalue weighted by Crippen LogP contribution is 2.11. The molecule has 0 aromatic carbocycles. The molecule has 10 heteroatoms. The minimum absolute atomic E-state index is 0.216. The van der Waals surface area contributed by atoms with Crippen molar-refractivity contribution in [1.29, 1.82) is 0 Å². The summed E-state index contributed by atoms with van der Waals surface area (Å²) in [7, 11) is 0. The Labute approximate surface area is 141 Å². The topological polar surface area (TPSA) is 85.0 Å². The molecule has 0 aliphatic carbocycles. The van der Waals surface area contributed by atoms with Gasteiger partial charge in [-0.05, 0) is 34.0 Å². The van der Waals surface area contributed by atoms with Gasteiger partial charge in [0.05, 0.1) is 0 Å². The molecule has 1 fully saturated rings. The van der Waals surface area contributed by atoms with E-state index in [4.69, 9.17) is 0 Å². The fraction of sp³-hybridized carbons (Fsp3) is 0.357. The number of aromatic nitrogens is 6. The zero-order valence-corrected chi connectivity index (χ0v) is 13.7. The number of rotatable bonds is 4. The van der Waals surface area contributed by atoms with E-state index in [1.54, 1.807) is 12.4 Å². The molecule has 1 aliphatic heterocycles. The van der Waals surface area contributed by atoms with Crippen LogP contribution >= 0.6 is 11.3 Å². The highest BCUT2D eigenvalue weighted by atomic mass is 32.1. The summed E-state index contributed by atoms with van der Waals surface area (Å²) < 4.78 is 2.73. The molecule has 0 unspecified atom stereocenters. The molecule has 3 aromatic heterocycles. The van der Waals surface area contributed by atoms with Gasteiger partial charge in [0.1, 0.15) is 11.7 Å². The van der Waals surface area contributed by atoms with Gasteiger partial charge in [0.15, 0.2) is 0 Å². The highest BCUT2D eigenvalue weighted by Gasteiger charge is 2.20. The van der Waals surface area contributed by atoms with Crippen molar-refractivity contribution in [3.05, 3.63) is 46.5 Å². The van der Waals surface area contributed by atoms with Crippen molar-refractivity contribution in [2.45, 2.75) is 6.67 Å². The van der Waals surface area contributed by atoms with Crippen LogP contribution in [0.2, 0.25) is 0 Å². The SMILES string of the molecule is O=c1n(CN2CCN(c3ncccn3)CC2)nnn1-c1cccs1. The monoisotopic (exact) mass is 344 g/mol. The van der Waals surface area contributed by atoms with Crippen molar-refractivity contribution in [3.63, 3.8) is 0 Å². The third-order valence-electron chi connectivity index (χ3n) is 3.90. The Morgan fingerprint density at radius 3 is 2.54 bits per heavy atom. The van der Waals surface area contributed by atoms with Gasteiger partial charge in [-0.15, -0.1) is 11.3 Å². The number of tetrazole rings is 1. The Morgan fingerprint density at radius 1 is 1.04 bits per heavy atom. The Hall–Kier alpha value is -2.59. The van der Waals surface area contributed by atoms with E-state index in [-0.39, 0.29) is 5.69 Å². The van der Waals surface area contributed by atoms with Gasteiger partial charge in [-0.3, -0.25) is 4.90 Å². The second-order valence-corrected chi connectivity index (χ2v) is 6.35. The van der Waals surface area contributed by atoms with E-state index >= 15 is 0 Å². The number of thiophene rings is 1. The van der Waals surface area contributed by atoms with Gasteiger partial charge in [-0.25, -0.2) is 14.8 Å². The van der Waals surface area contributed by atoms with Crippen LogP contribution in [0, 0.1) is 0 Å². The van der Waals surface area contributed by atoms with E-state index in [9.17, 15) is 4.79 Å². The maximum atomic E-state index is 12.4. The first-order valence-corrected chi connectivity index (χ1v) is 8.50. The summed E-state index contributed by atoms with van der Waals surface area (Å²) in [5.74, 6) is 0.748. The van der Waals surface area contributed by atoms with Crippen molar-refractivity contribution in [2.24, 2.45) is 0 Å². The third-order valence-corrected chi connectivity index (χ3v) is 4.74. The summed E-state index contributed by atoms with van der Waals surface area (Å²) in [4.78, 5) is 25.2. The predicted octanol–water partition coefficient (Wildman–Crippen LogP) is 0.0602. The van der Waals surface area contributed by atoms with Crippen LogP contribution in [0.1, 0.15) is 0 Å². The van der Waals surface area contributed by atoms with E-state index in [1.165, 1.54) is 20.7 Å². The lowest BCUT2D eigenvalue weighted by Gasteiger charge is -2.34. The minimum atomic E-state index is -0.216. The van der Waals surface area contributed by atoms with Crippen molar-refractivity contribution in [2.75, 3.05) is 31.1 Å². The summed E-state index contributed by atoms with van der Waals surface area (Å²) in [6.45, 7) is 3.70. The molecule has 0 radical (unpaired) electrons. The largest absolute Gasteiger partial charge is 0.370 e. The number of piperazine rings is 1. The maximum absolute atomic E-state index is 12.4. The Balaban J connectivity index is 1.40. The zero-order chi connectivity index (χ0) is 16.4. The van der Waals surface area contributed by atoms with Gasteiger partial charge >= 0.3 is 5.69 Å². The lowest BCUT2D eigenvalue weighted by Crippen LogP contribution is -2.48. The summed E-state index contributed by atoms with van der Waals surface area (Å²) in [6, 6.07) is 5.54. The fourth-order valence-corrected chi connectivity index (χ4v) is 3.29. The van der Waals surface area contributed by atoms with E-state index in [0.717, 1.165) is 37.1 Å². The molecule has 3 aromatic rings. The molecule has 0 bridgehead atoms. The number of nitrogens with zero attached hydrogens (tertiary/aromatic N) is 8. The maximum Gasteiger partial charge on any atom is 0.370 e. The first kappa shape index (κ1) is 15.0. The molecule has 0 atom stereocenters. The first-order chi connectivity index (χ1) is 11.8. The van der Waals surface area contributed by atoms with Crippen molar-refractivity contribution in [1.82, 2.24) is 34.7 Å². The van der Waals surface area contributed by atoms with E-state index in [2.05, 4.69) is 30.2 Å². The second-order valence-electron chi connectivity index (χ2n) is 5.42. The van der Waals surface area contributed by atoms with Crippen LogP contribution in [0.3, 0.4) is 0 Å². The number of hydrogen-bond donors (Lipinski definition) is 0. The minimum Gasteiger partial charge on any atom is -0.338 e. The van der Waals surface area contributed by atoms with Crippen LogP contribution in [0.4, 0.5) is 5.95 Å². The van der Waals surface area contributed by atoms with Crippen LogP contribution in [0.5, 0.6) is 0 Å². The van der Waals surface area contributed by atoms with E-state index < -0.39 is 0 Å². The van der Waals surface area contributed by atoms with Crippen molar-refractivity contribution >= 4 is 17.3 Å². The number of hydrogen-bond acceptors (Lipinski definition) is 8. The molecule has 24 heavy (non-hydrogen) atoms. The Morgan fingerprint density at radius 2 is 1.83 bits per heavy atom. The molecule has 124 valence electrons. The molecule has 1 saturated heterocycles. The highest BCUT2D eigenvalue weighted by molar-refractivity contribution is 7.12. The standard InChI is InChI=1S/C14H16N8OS/c23-14-21(17-18-22(14)12-3-1-10-24-12)11-19-6-8-20(9-7-19)13-15-4-2-5-16-13/h1-5,10H,6-9,11H2. The third kappa shape index (κ3) is 2.93. The van der Waals surface area contributed by atoms with Gasteiger partial charge in [0, 0.05) is 38.6 Å². The van der Waals surface area contributed by atoms with Crippen molar-refractivity contribution in [3.8, 4) is 5.00 Å². The summed E-state index contributed by atoms with van der Waals surface area (Å²) in [6.07, 6.45) is 3.49. The lowest BCUT2D eigenvalue weighted by atomic mass is 10.3. The lowest BCUT2D eigenvalue weighted by molar-refractivity contribution is 0.190. The molecular weight excluding hydrogens is 328 g/mol. The molecule has 4 rings (SSSR count). The predicted molar refractivity (Wildman–Crippen MR) is 89.3 cm³/mol. The van der Waals surface area contributed by atoms with Gasteiger partial charge in [0.25, 0.3) is 0 Å². The Bertz CT molecular complexity index is 835. The Kier molecular flexibility index (Phi) is 4.05. The normalized spacial score (nSPS) is 15.8. The van der Waals surface area contributed by atoms with Gasteiger partial charge in [-0.1, -0.05) is 0 Å². The summed E-state index contributed by atoms with van der Waals surface area (Å²) in [5, 5.41) is 10.6. The van der Waals surface area contributed by atoms with Crippen molar-refractivity contribution < 1.29 is 0 Å². The summed E-state index contributed by atoms with van der Waals surface area (Å²) in [5.41, 5.74) is -0.216. The molecule has 0 saturated carbocycles. The summed E-state index contributed by atoms with van der Waals surface area (Å²) >= 11 is 1.46. The molecule has 9 nitrogen and oxygen atoms in total. The smallest absolute Gasteiger partial charge is 0.338 e.